The Kier molecular flexibility index (Phi) is 4.87. The maximum atomic E-state index is 12.5. The highest BCUT2D eigenvalue weighted by Gasteiger charge is 2.25. The number of nitrogens with one attached hydrogen (secondary N) is 2. The normalized spacial score (nSPS) is 15.9. The second kappa shape index (κ2) is 6.43. The van der Waals surface area contributed by atoms with Crippen molar-refractivity contribution in [1.29, 1.82) is 0 Å². The lowest BCUT2D eigenvalue weighted by molar-refractivity contribution is 0.0734. The van der Waals surface area contributed by atoms with Crippen LogP contribution in [0.4, 0.5) is 0 Å². The van der Waals surface area contributed by atoms with Crippen molar-refractivity contribution in [3.05, 3.63) is 17.0 Å². The molecule has 1 aliphatic rings. The molecule has 1 unspecified atom stereocenters. The molecule has 1 atom stereocenters. The number of thioether (sulfide) groups is 1. The lowest BCUT2D eigenvalue weighted by Crippen LogP contribution is -2.36. The molecule has 106 valence electrons. The minimum atomic E-state index is 0.0230. The molecule has 1 amide bonds. The van der Waals surface area contributed by atoms with Crippen LogP contribution in [0.15, 0.2) is 0 Å². The number of amides is 1. The van der Waals surface area contributed by atoms with Crippen LogP contribution in [0.5, 0.6) is 0 Å². The van der Waals surface area contributed by atoms with Crippen LogP contribution in [-0.4, -0.2) is 52.6 Å². The summed E-state index contributed by atoms with van der Waals surface area (Å²) in [6.07, 6.45) is 4.01. The highest BCUT2D eigenvalue weighted by Crippen LogP contribution is 2.18. The van der Waals surface area contributed by atoms with Gasteiger partial charge in [-0.25, -0.2) is 0 Å². The maximum absolute atomic E-state index is 12.5. The first kappa shape index (κ1) is 14.4. The number of hydrogen-bond donors (Lipinski definition) is 2. The molecule has 1 aliphatic heterocycles. The smallest absolute Gasteiger partial charge is 0.274 e. The second-order valence-electron chi connectivity index (χ2n) is 5.00. The minimum absolute atomic E-state index is 0.0230. The largest absolute Gasteiger partial charge is 0.338 e. The van der Waals surface area contributed by atoms with Crippen molar-refractivity contribution in [2.24, 2.45) is 0 Å². The van der Waals surface area contributed by atoms with Gasteiger partial charge < -0.3 is 10.2 Å². The van der Waals surface area contributed by atoms with Crippen molar-refractivity contribution in [2.75, 3.05) is 25.6 Å². The SMILES string of the molecule is CSCCC(C)N(C)C(=O)c1n[nH]c2c1CNCC2. The van der Waals surface area contributed by atoms with Crippen LogP contribution in [0.2, 0.25) is 0 Å². The molecule has 0 bridgehead atoms. The van der Waals surface area contributed by atoms with Crippen molar-refractivity contribution >= 4 is 17.7 Å². The van der Waals surface area contributed by atoms with E-state index in [2.05, 4.69) is 28.7 Å². The first-order valence-corrected chi connectivity index (χ1v) is 8.07. The summed E-state index contributed by atoms with van der Waals surface area (Å²) in [5, 5.41) is 10.5. The predicted octanol–water partition coefficient (Wildman–Crippen LogP) is 1.27. The van der Waals surface area contributed by atoms with E-state index < -0.39 is 0 Å². The monoisotopic (exact) mass is 282 g/mol. The zero-order valence-electron chi connectivity index (χ0n) is 11.8. The number of aromatic amines is 1. The molecule has 0 aromatic carbocycles. The third kappa shape index (κ3) is 3.12. The Labute approximate surface area is 118 Å². The molecule has 2 rings (SSSR count). The van der Waals surface area contributed by atoms with Gasteiger partial charge >= 0.3 is 0 Å². The molecule has 2 heterocycles. The number of H-pyrrole nitrogens is 1. The van der Waals surface area contributed by atoms with Crippen molar-refractivity contribution in [1.82, 2.24) is 20.4 Å². The number of carbonyl (C=O) groups is 1. The van der Waals surface area contributed by atoms with Crippen LogP contribution in [0.1, 0.15) is 35.1 Å². The Morgan fingerprint density at radius 3 is 3.11 bits per heavy atom. The molecule has 0 aliphatic carbocycles. The van der Waals surface area contributed by atoms with Gasteiger partial charge in [-0.05, 0) is 25.4 Å². The number of fused-ring (bicyclic) bond motifs is 1. The summed E-state index contributed by atoms with van der Waals surface area (Å²) < 4.78 is 0. The lowest BCUT2D eigenvalue weighted by atomic mass is 10.1. The fourth-order valence-electron chi connectivity index (χ4n) is 2.25. The van der Waals surface area contributed by atoms with E-state index in [4.69, 9.17) is 0 Å². The molecule has 0 saturated carbocycles. The highest BCUT2D eigenvalue weighted by atomic mass is 32.2. The summed E-state index contributed by atoms with van der Waals surface area (Å²) in [6, 6.07) is 0.240. The third-order valence-corrected chi connectivity index (χ3v) is 4.37. The Morgan fingerprint density at radius 1 is 1.58 bits per heavy atom. The van der Waals surface area contributed by atoms with E-state index in [1.54, 1.807) is 4.90 Å². The van der Waals surface area contributed by atoms with E-state index >= 15 is 0 Å². The van der Waals surface area contributed by atoms with Crippen LogP contribution in [0.25, 0.3) is 0 Å². The Balaban J connectivity index is 2.08. The van der Waals surface area contributed by atoms with Crippen LogP contribution in [0.3, 0.4) is 0 Å². The minimum Gasteiger partial charge on any atom is -0.338 e. The van der Waals surface area contributed by atoms with E-state index in [1.807, 2.05) is 18.8 Å². The molecule has 19 heavy (non-hydrogen) atoms. The fraction of sp³-hybridized carbons (Fsp3) is 0.692. The van der Waals surface area contributed by atoms with Gasteiger partial charge in [0.05, 0.1) is 0 Å². The molecule has 0 saturated heterocycles. The number of aromatic nitrogens is 2. The number of nitrogens with zero attached hydrogens (tertiary/aromatic N) is 2. The maximum Gasteiger partial charge on any atom is 0.274 e. The van der Waals surface area contributed by atoms with E-state index in [9.17, 15) is 4.79 Å². The molecule has 0 spiro atoms. The van der Waals surface area contributed by atoms with E-state index in [0.717, 1.165) is 42.9 Å². The van der Waals surface area contributed by atoms with Gasteiger partial charge in [-0.3, -0.25) is 9.89 Å². The summed E-state index contributed by atoms with van der Waals surface area (Å²) in [5.74, 6) is 1.09. The molecule has 2 N–H and O–H groups in total. The van der Waals surface area contributed by atoms with Gasteiger partial charge in [0.25, 0.3) is 5.91 Å². The van der Waals surface area contributed by atoms with Gasteiger partial charge in [0.15, 0.2) is 5.69 Å². The van der Waals surface area contributed by atoms with Crippen molar-refractivity contribution in [2.45, 2.75) is 32.4 Å². The first-order valence-electron chi connectivity index (χ1n) is 6.68. The summed E-state index contributed by atoms with van der Waals surface area (Å²) in [7, 11) is 1.87. The van der Waals surface area contributed by atoms with Gasteiger partial charge in [0, 0.05) is 43.9 Å². The average Bonchev–Trinajstić information content (AvgIpc) is 2.87. The quantitative estimate of drug-likeness (QED) is 0.854. The van der Waals surface area contributed by atoms with Crippen LogP contribution >= 0.6 is 11.8 Å². The number of carbonyl (C=O) groups excluding carboxylic acids is 1. The van der Waals surface area contributed by atoms with Gasteiger partial charge in [-0.1, -0.05) is 0 Å². The molecule has 1 aromatic rings. The van der Waals surface area contributed by atoms with Gasteiger partial charge in [-0.2, -0.15) is 16.9 Å². The average molecular weight is 282 g/mol. The zero-order chi connectivity index (χ0) is 13.8. The summed E-state index contributed by atoms with van der Waals surface area (Å²) in [5.41, 5.74) is 2.73. The molecule has 6 heteroatoms. The van der Waals surface area contributed by atoms with Crippen LogP contribution < -0.4 is 5.32 Å². The van der Waals surface area contributed by atoms with E-state index in [1.165, 1.54) is 0 Å². The van der Waals surface area contributed by atoms with Gasteiger partial charge in [0.1, 0.15) is 0 Å². The van der Waals surface area contributed by atoms with Crippen molar-refractivity contribution < 1.29 is 4.79 Å². The highest BCUT2D eigenvalue weighted by molar-refractivity contribution is 7.98. The van der Waals surface area contributed by atoms with Crippen molar-refractivity contribution in [3.8, 4) is 0 Å². The zero-order valence-corrected chi connectivity index (χ0v) is 12.6. The molecule has 1 aromatic heterocycles. The van der Waals surface area contributed by atoms with E-state index in [0.29, 0.717) is 5.69 Å². The fourth-order valence-corrected chi connectivity index (χ4v) is 2.83. The third-order valence-electron chi connectivity index (χ3n) is 3.73. The Morgan fingerprint density at radius 2 is 2.37 bits per heavy atom. The van der Waals surface area contributed by atoms with Gasteiger partial charge in [0.2, 0.25) is 0 Å². The molecule has 5 nitrogen and oxygen atoms in total. The predicted molar refractivity (Wildman–Crippen MR) is 78.6 cm³/mol. The molecular weight excluding hydrogens is 260 g/mol. The van der Waals surface area contributed by atoms with Crippen LogP contribution in [0, 0.1) is 0 Å². The second-order valence-corrected chi connectivity index (χ2v) is 5.99. The van der Waals surface area contributed by atoms with E-state index in [-0.39, 0.29) is 11.9 Å². The summed E-state index contributed by atoms with van der Waals surface area (Å²) in [4.78, 5) is 14.3. The molecular formula is C13H22N4OS. The summed E-state index contributed by atoms with van der Waals surface area (Å²) >= 11 is 1.81. The van der Waals surface area contributed by atoms with Gasteiger partial charge in [-0.15, -0.1) is 0 Å². The molecule has 0 fully saturated rings. The Hall–Kier alpha value is -1.01. The molecule has 0 radical (unpaired) electrons. The first-order chi connectivity index (χ1) is 9.15. The van der Waals surface area contributed by atoms with Crippen molar-refractivity contribution in [3.63, 3.8) is 0 Å². The Bertz CT molecular complexity index is 446. The summed E-state index contributed by atoms with van der Waals surface area (Å²) in [6.45, 7) is 3.77. The standard InChI is InChI=1S/C13H22N4OS/c1-9(5-7-19-3)17(2)13(18)12-10-8-14-6-4-11(10)15-16-12/h9,14H,4-8H2,1-3H3,(H,15,16). The lowest BCUT2D eigenvalue weighted by Gasteiger charge is -2.24. The number of hydrogen-bond acceptors (Lipinski definition) is 4. The van der Waals surface area contributed by atoms with Crippen LogP contribution in [-0.2, 0) is 13.0 Å². The topological polar surface area (TPSA) is 61.0 Å². The number of rotatable bonds is 5.